The number of benzene rings is 2. The van der Waals surface area contributed by atoms with Gasteiger partial charge in [0.05, 0.1) is 10.0 Å². The summed E-state index contributed by atoms with van der Waals surface area (Å²) in [6.07, 6.45) is 0.355. The van der Waals surface area contributed by atoms with E-state index in [1.807, 2.05) is 57.2 Å². The quantitative estimate of drug-likeness (QED) is 0.540. The van der Waals surface area contributed by atoms with Crippen molar-refractivity contribution in [2.24, 2.45) is 0 Å². The van der Waals surface area contributed by atoms with Crippen LogP contribution in [0, 0.1) is 0 Å². The molecule has 0 saturated heterocycles. The fourth-order valence-corrected chi connectivity index (χ4v) is 3.23. The highest BCUT2D eigenvalue weighted by atomic mass is 35.5. The van der Waals surface area contributed by atoms with E-state index in [4.69, 9.17) is 27.9 Å². The van der Waals surface area contributed by atoms with Crippen molar-refractivity contribution in [3.63, 3.8) is 0 Å². The molecule has 0 heterocycles. The van der Waals surface area contributed by atoms with Gasteiger partial charge in [-0.15, -0.1) is 0 Å². The van der Waals surface area contributed by atoms with Gasteiger partial charge in [-0.2, -0.15) is 0 Å². The summed E-state index contributed by atoms with van der Waals surface area (Å²) in [7, 11) is 0. The standard InChI is InChI=1S/C19H21Cl2NO2S/c1-19(2,3)24-18(23)22(12-11-14-7-5-4-6-8-14)25-15-9-10-16(20)17(21)13-15/h4-10,13H,11-12H2,1-3H3. The molecule has 3 nitrogen and oxygen atoms in total. The number of rotatable bonds is 5. The van der Waals surface area contributed by atoms with E-state index in [0.29, 0.717) is 16.6 Å². The van der Waals surface area contributed by atoms with Crippen LogP contribution in [0.3, 0.4) is 0 Å². The van der Waals surface area contributed by atoms with Crippen molar-refractivity contribution < 1.29 is 9.53 Å². The number of carbonyl (C=O) groups excluding carboxylic acids is 1. The second-order valence-electron chi connectivity index (χ2n) is 6.49. The molecule has 134 valence electrons. The van der Waals surface area contributed by atoms with Gasteiger partial charge in [-0.05, 0) is 62.9 Å². The van der Waals surface area contributed by atoms with Crippen molar-refractivity contribution >= 4 is 41.2 Å². The van der Waals surface area contributed by atoms with E-state index in [1.54, 1.807) is 16.4 Å². The smallest absolute Gasteiger partial charge is 0.420 e. The third kappa shape index (κ3) is 6.81. The summed E-state index contributed by atoms with van der Waals surface area (Å²) in [5.74, 6) is 0. The molecule has 0 N–H and O–H groups in total. The summed E-state index contributed by atoms with van der Waals surface area (Å²) >= 11 is 13.3. The summed E-state index contributed by atoms with van der Waals surface area (Å²) in [5, 5.41) is 0.943. The predicted molar refractivity (Wildman–Crippen MR) is 105 cm³/mol. The van der Waals surface area contributed by atoms with E-state index in [0.717, 1.165) is 16.9 Å². The van der Waals surface area contributed by atoms with Gasteiger partial charge in [0.25, 0.3) is 0 Å². The number of hydrogen-bond acceptors (Lipinski definition) is 3. The van der Waals surface area contributed by atoms with E-state index in [1.165, 1.54) is 11.9 Å². The Morgan fingerprint density at radius 2 is 1.76 bits per heavy atom. The van der Waals surface area contributed by atoms with E-state index in [9.17, 15) is 4.79 Å². The van der Waals surface area contributed by atoms with Gasteiger partial charge in [0.2, 0.25) is 0 Å². The zero-order valence-corrected chi connectivity index (χ0v) is 16.8. The van der Waals surface area contributed by atoms with Crippen LogP contribution in [0.4, 0.5) is 4.79 Å². The third-order valence-electron chi connectivity index (χ3n) is 3.15. The Balaban J connectivity index is 2.12. The Labute approximate surface area is 163 Å². The number of halogens is 2. The van der Waals surface area contributed by atoms with Crippen LogP contribution in [0.2, 0.25) is 10.0 Å². The van der Waals surface area contributed by atoms with Crippen molar-refractivity contribution in [1.29, 1.82) is 0 Å². The highest BCUT2D eigenvalue weighted by Gasteiger charge is 2.23. The summed E-state index contributed by atoms with van der Waals surface area (Å²) in [5.41, 5.74) is 0.603. The molecule has 0 unspecified atom stereocenters. The average molecular weight is 398 g/mol. The molecule has 0 atom stereocenters. The number of hydrogen-bond donors (Lipinski definition) is 0. The Morgan fingerprint density at radius 1 is 1.08 bits per heavy atom. The van der Waals surface area contributed by atoms with Crippen LogP contribution in [0.15, 0.2) is 53.4 Å². The first kappa shape index (κ1) is 20.0. The van der Waals surface area contributed by atoms with Gasteiger partial charge in [-0.1, -0.05) is 53.5 Å². The van der Waals surface area contributed by atoms with Crippen LogP contribution < -0.4 is 0 Å². The van der Waals surface area contributed by atoms with Crippen LogP contribution in [0.25, 0.3) is 0 Å². The lowest BCUT2D eigenvalue weighted by molar-refractivity contribution is 0.0406. The molecule has 0 aliphatic rings. The first-order chi connectivity index (χ1) is 11.7. The van der Waals surface area contributed by atoms with Gasteiger partial charge in [0.15, 0.2) is 0 Å². The Kier molecular flexibility index (Phi) is 7.05. The third-order valence-corrected chi connectivity index (χ3v) is 4.91. The summed E-state index contributed by atoms with van der Waals surface area (Å²) in [4.78, 5) is 13.4. The zero-order valence-electron chi connectivity index (χ0n) is 14.5. The van der Waals surface area contributed by atoms with Crippen molar-refractivity contribution in [1.82, 2.24) is 4.31 Å². The normalized spacial score (nSPS) is 11.2. The van der Waals surface area contributed by atoms with E-state index >= 15 is 0 Å². The molecule has 0 bridgehead atoms. The maximum absolute atomic E-state index is 12.6. The minimum absolute atomic E-state index is 0.375. The summed E-state index contributed by atoms with van der Waals surface area (Å²) in [6.45, 7) is 6.07. The van der Waals surface area contributed by atoms with Gasteiger partial charge in [-0.3, -0.25) is 0 Å². The molecule has 0 saturated carbocycles. The highest BCUT2D eigenvalue weighted by molar-refractivity contribution is 7.97. The Bertz CT molecular complexity index is 717. The van der Waals surface area contributed by atoms with Crippen LogP contribution in [0.5, 0.6) is 0 Å². The van der Waals surface area contributed by atoms with Crippen LogP contribution in [0.1, 0.15) is 26.3 Å². The van der Waals surface area contributed by atoms with Gasteiger partial charge < -0.3 is 4.74 Å². The molecular weight excluding hydrogens is 377 g/mol. The lowest BCUT2D eigenvalue weighted by Crippen LogP contribution is -2.33. The molecule has 2 aromatic rings. The number of nitrogens with zero attached hydrogens (tertiary/aromatic N) is 1. The SMILES string of the molecule is CC(C)(C)OC(=O)N(CCc1ccccc1)Sc1ccc(Cl)c(Cl)c1. The van der Waals surface area contributed by atoms with Crippen molar-refractivity contribution in [2.75, 3.05) is 6.54 Å². The number of amides is 1. The van der Waals surface area contributed by atoms with Gasteiger partial charge >= 0.3 is 6.09 Å². The van der Waals surface area contributed by atoms with E-state index in [2.05, 4.69) is 0 Å². The van der Waals surface area contributed by atoms with E-state index < -0.39 is 5.60 Å². The molecule has 6 heteroatoms. The van der Waals surface area contributed by atoms with Crippen molar-refractivity contribution in [2.45, 2.75) is 37.7 Å². The fourth-order valence-electron chi connectivity index (χ4n) is 2.02. The summed E-state index contributed by atoms with van der Waals surface area (Å²) in [6, 6.07) is 15.3. The maximum atomic E-state index is 12.6. The largest absolute Gasteiger partial charge is 0.443 e. The Hall–Kier alpha value is -1.36. The summed E-state index contributed by atoms with van der Waals surface area (Å²) < 4.78 is 7.13. The van der Waals surface area contributed by atoms with Gasteiger partial charge in [0.1, 0.15) is 5.60 Å². The molecule has 0 spiro atoms. The monoisotopic (exact) mass is 397 g/mol. The lowest BCUT2D eigenvalue weighted by atomic mass is 10.1. The first-order valence-corrected chi connectivity index (χ1v) is 9.45. The zero-order chi connectivity index (χ0) is 18.4. The number of carbonyl (C=O) groups is 1. The fraction of sp³-hybridized carbons (Fsp3) is 0.316. The molecule has 25 heavy (non-hydrogen) atoms. The average Bonchev–Trinajstić information content (AvgIpc) is 2.54. The van der Waals surface area contributed by atoms with Crippen LogP contribution in [-0.2, 0) is 11.2 Å². The molecule has 0 radical (unpaired) electrons. The second kappa shape index (κ2) is 8.84. The van der Waals surface area contributed by atoms with Crippen molar-refractivity contribution in [3.05, 3.63) is 64.1 Å². The Morgan fingerprint density at radius 3 is 2.36 bits per heavy atom. The molecule has 2 rings (SSSR count). The molecular formula is C19H21Cl2NO2S. The molecule has 1 amide bonds. The minimum Gasteiger partial charge on any atom is -0.443 e. The highest BCUT2D eigenvalue weighted by Crippen LogP contribution is 2.31. The minimum atomic E-state index is -0.555. The molecule has 2 aromatic carbocycles. The van der Waals surface area contributed by atoms with Crippen molar-refractivity contribution in [3.8, 4) is 0 Å². The maximum Gasteiger partial charge on any atom is 0.420 e. The van der Waals surface area contributed by atoms with Crippen LogP contribution >= 0.6 is 35.1 Å². The molecule has 0 aromatic heterocycles. The topological polar surface area (TPSA) is 29.5 Å². The van der Waals surface area contributed by atoms with Gasteiger partial charge in [-0.25, -0.2) is 9.10 Å². The predicted octanol–water partition coefficient (Wildman–Crippen LogP) is 6.48. The molecule has 0 aliphatic carbocycles. The molecule has 0 aliphatic heterocycles. The van der Waals surface area contributed by atoms with Crippen LogP contribution in [-0.4, -0.2) is 22.5 Å². The number of ether oxygens (including phenoxy) is 1. The second-order valence-corrected chi connectivity index (χ2v) is 8.39. The first-order valence-electron chi connectivity index (χ1n) is 7.92. The van der Waals surface area contributed by atoms with E-state index in [-0.39, 0.29) is 6.09 Å². The van der Waals surface area contributed by atoms with Gasteiger partial charge in [0, 0.05) is 11.4 Å². The molecule has 0 fully saturated rings. The lowest BCUT2D eigenvalue weighted by Gasteiger charge is -2.26.